The van der Waals surface area contributed by atoms with Crippen molar-refractivity contribution in [2.75, 3.05) is 4.90 Å². The van der Waals surface area contributed by atoms with Crippen molar-refractivity contribution in [3.05, 3.63) is 62.3 Å². The van der Waals surface area contributed by atoms with E-state index in [1.807, 2.05) is 18.2 Å². The van der Waals surface area contributed by atoms with E-state index in [-0.39, 0.29) is 18.3 Å². The smallest absolute Gasteiger partial charge is 0.248 e. The third-order valence-electron chi connectivity index (χ3n) is 3.50. The van der Waals surface area contributed by atoms with Crippen molar-refractivity contribution in [2.24, 2.45) is 5.73 Å². The van der Waals surface area contributed by atoms with E-state index < -0.39 is 6.04 Å². The summed E-state index contributed by atoms with van der Waals surface area (Å²) in [6, 6.07) is 9.45. The number of rotatable bonds is 2. The van der Waals surface area contributed by atoms with Gasteiger partial charge in [0.05, 0.1) is 12.2 Å². The van der Waals surface area contributed by atoms with Gasteiger partial charge in [0.25, 0.3) is 0 Å². The molecular weight excluding hydrogens is 403 g/mol. The molecule has 3 rings (SSSR count). The van der Waals surface area contributed by atoms with Gasteiger partial charge in [-0.2, -0.15) is 0 Å². The molecule has 1 aliphatic heterocycles. The van der Waals surface area contributed by atoms with Crippen molar-refractivity contribution in [3.63, 3.8) is 0 Å². The number of hydrogen-bond acceptors (Lipinski definition) is 2. The highest BCUT2D eigenvalue weighted by atomic mass is 79.9. The average molecular weight is 414 g/mol. The van der Waals surface area contributed by atoms with Gasteiger partial charge in [0.2, 0.25) is 5.91 Å². The Hall–Kier alpha value is -1.24. The van der Waals surface area contributed by atoms with Crippen LogP contribution in [0.1, 0.15) is 17.2 Å². The zero-order valence-corrected chi connectivity index (χ0v) is 14.0. The van der Waals surface area contributed by atoms with E-state index in [0.717, 1.165) is 20.2 Å². The zero-order chi connectivity index (χ0) is 15.1. The Morgan fingerprint density at radius 2 is 2.00 bits per heavy atom. The molecule has 1 atom stereocenters. The SMILES string of the molecule is NC1C(=O)N(Cc2cc(Br)ccc2F)c2cccc(Br)c21. The van der Waals surface area contributed by atoms with Crippen LogP contribution in [-0.4, -0.2) is 5.91 Å². The summed E-state index contributed by atoms with van der Waals surface area (Å²) >= 11 is 6.73. The largest absolute Gasteiger partial charge is 0.316 e. The summed E-state index contributed by atoms with van der Waals surface area (Å²) in [6.07, 6.45) is 0. The number of nitrogens with two attached hydrogens (primary N) is 1. The summed E-state index contributed by atoms with van der Waals surface area (Å²) in [5.41, 5.74) is 7.89. The van der Waals surface area contributed by atoms with Gasteiger partial charge in [-0.15, -0.1) is 0 Å². The predicted molar refractivity (Wildman–Crippen MR) is 86.4 cm³/mol. The Labute approximate surface area is 138 Å². The van der Waals surface area contributed by atoms with Crippen LogP contribution < -0.4 is 10.6 Å². The first kappa shape index (κ1) is 14.7. The van der Waals surface area contributed by atoms with Crippen molar-refractivity contribution in [3.8, 4) is 0 Å². The second kappa shape index (κ2) is 5.51. The molecule has 0 saturated carbocycles. The molecule has 0 aromatic heterocycles. The maximum absolute atomic E-state index is 13.9. The van der Waals surface area contributed by atoms with Gasteiger partial charge < -0.3 is 10.6 Å². The van der Waals surface area contributed by atoms with Gasteiger partial charge in [-0.25, -0.2) is 4.39 Å². The number of hydrogen-bond donors (Lipinski definition) is 1. The Morgan fingerprint density at radius 3 is 2.76 bits per heavy atom. The Morgan fingerprint density at radius 1 is 1.24 bits per heavy atom. The van der Waals surface area contributed by atoms with Crippen molar-refractivity contribution in [2.45, 2.75) is 12.6 Å². The highest BCUT2D eigenvalue weighted by Crippen LogP contribution is 2.40. The molecule has 2 aromatic carbocycles. The van der Waals surface area contributed by atoms with Crippen LogP contribution >= 0.6 is 31.9 Å². The molecule has 2 aromatic rings. The first-order valence-electron chi connectivity index (χ1n) is 6.28. The molecular formula is C15H11Br2FN2O. The quantitative estimate of drug-likeness (QED) is 0.811. The Bertz CT molecular complexity index is 736. The minimum Gasteiger partial charge on any atom is -0.316 e. The Kier molecular flexibility index (Phi) is 3.86. The molecule has 0 bridgehead atoms. The molecule has 6 heteroatoms. The van der Waals surface area contributed by atoms with Crippen LogP contribution in [0.5, 0.6) is 0 Å². The standard InChI is InChI=1S/C15H11Br2FN2O/c16-9-4-5-11(18)8(6-9)7-20-12-3-1-2-10(17)13(12)14(19)15(20)21/h1-6,14H,7,19H2. The highest BCUT2D eigenvalue weighted by molar-refractivity contribution is 9.10. The van der Waals surface area contributed by atoms with Crippen LogP contribution in [0.25, 0.3) is 0 Å². The summed E-state index contributed by atoms with van der Waals surface area (Å²) in [4.78, 5) is 13.9. The fourth-order valence-electron chi connectivity index (χ4n) is 2.48. The van der Waals surface area contributed by atoms with Gasteiger partial charge in [-0.05, 0) is 30.3 Å². The van der Waals surface area contributed by atoms with Gasteiger partial charge in [0, 0.05) is 20.1 Å². The molecule has 2 N–H and O–H groups in total. The second-order valence-electron chi connectivity index (χ2n) is 4.81. The number of fused-ring (bicyclic) bond motifs is 1. The van der Waals surface area contributed by atoms with E-state index in [0.29, 0.717) is 5.56 Å². The molecule has 1 amide bonds. The van der Waals surface area contributed by atoms with E-state index >= 15 is 0 Å². The van der Waals surface area contributed by atoms with E-state index in [9.17, 15) is 9.18 Å². The molecule has 108 valence electrons. The molecule has 3 nitrogen and oxygen atoms in total. The molecule has 1 unspecified atom stereocenters. The number of halogens is 3. The fraction of sp³-hybridized carbons (Fsp3) is 0.133. The van der Waals surface area contributed by atoms with Gasteiger partial charge in [-0.3, -0.25) is 4.79 Å². The number of carbonyl (C=O) groups is 1. The lowest BCUT2D eigenvalue weighted by Gasteiger charge is -2.18. The van der Waals surface area contributed by atoms with E-state index in [2.05, 4.69) is 31.9 Å². The molecule has 21 heavy (non-hydrogen) atoms. The minimum absolute atomic E-state index is 0.154. The molecule has 1 aliphatic rings. The van der Waals surface area contributed by atoms with E-state index in [1.165, 1.54) is 11.0 Å². The first-order valence-corrected chi connectivity index (χ1v) is 7.87. The molecule has 0 spiro atoms. The molecule has 0 aliphatic carbocycles. The van der Waals surface area contributed by atoms with E-state index in [1.54, 1.807) is 12.1 Å². The van der Waals surface area contributed by atoms with Gasteiger partial charge in [-0.1, -0.05) is 37.9 Å². The number of anilines is 1. The third kappa shape index (κ3) is 2.52. The monoisotopic (exact) mass is 412 g/mol. The second-order valence-corrected chi connectivity index (χ2v) is 6.58. The molecule has 0 radical (unpaired) electrons. The Balaban J connectivity index is 2.03. The van der Waals surface area contributed by atoms with E-state index in [4.69, 9.17) is 5.73 Å². The van der Waals surface area contributed by atoms with Crippen LogP contribution in [0.15, 0.2) is 45.3 Å². The van der Waals surface area contributed by atoms with Gasteiger partial charge in [0.15, 0.2) is 0 Å². The molecule has 1 heterocycles. The summed E-state index contributed by atoms with van der Waals surface area (Å²) in [5, 5.41) is 0. The van der Waals surface area contributed by atoms with Gasteiger partial charge in [0.1, 0.15) is 11.9 Å². The number of amides is 1. The molecule has 0 fully saturated rings. The normalized spacial score (nSPS) is 17.2. The van der Waals surface area contributed by atoms with Crippen molar-refractivity contribution in [1.29, 1.82) is 0 Å². The fourth-order valence-corrected chi connectivity index (χ4v) is 3.49. The molecule has 0 saturated heterocycles. The van der Waals surface area contributed by atoms with Crippen molar-refractivity contribution >= 4 is 43.5 Å². The lowest BCUT2D eigenvalue weighted by atomic mass is 10.1. The van der Waals surface area contributed by atoms with Crippen molar-refractivity contribution < 1.29 is 9.18 Å². The first-order chi connectivity index (χ1) is 9.99. The highest BCUT2D eigenvalue weighted by Gasteiger charge is 2.36. The van der Waals surface area contributed by atoms with Crippen LogP contribution in [0.2, 0.25) is 0 Å². The summed E-state index contributed by atoms with van der Waals surface area (Å²) in [6.45, 7) is 0.154. The lowest BCUT2D eigenvalue weighted by molar-refractivity contribution is -0.119. The lowest BCUT2D eigenvalue weighted by Crippen LogP contribution is -2.31. The van der Waals surface area contributed by atoms with Crippen LogP contribution in [0.3, 0.4) is 0 Å². The predicted octanol–water partition coefficient (Wildman–Crippen LogP) is 3.90. The topological polar surface area (TPSA) is 46.3 Å². The van der Waals surface area contributed by atoms with Crippen molar-refractivity contribution in [1.82, 2.24) is 0 Å². The van der Waals surface area contributed by atoms with Gasteiger partial charge >= 0.3 is 0 Å². The maximum atomic E-state index is 13.9. The zero-order valence-electron chi connectivity index (χ0n) is 10.8. The number of nitrogens with zero attached hydrogens (tertiary/aromatic N) is 1. The summed E-state index contributed by atoms with van der Waals surface area (Å²) < 4.78 is 15.5. The minimum atomic E-state index is -0.717. The number of benzene rings is 2. The third-order valence-corrected chi connectivity index (χ3v) is 4.68. The maximum Gasteiger partial charge on any atom is 0.248 e. The van der Waals surface area contributed by atoms with Crippen LogP contribution in [0.4, 0.5) is 10.1 Å². The summed E-state index contributed by atoms with van der Waals surface area (Å²) in [7, 11) is 0. The summed E-state index contributed by atoms with van der Waals surface area (Å²) in [5.74, 6) is -0.570. The average Bonchev–Trinajstić information content (AvgIpc) is 2.69. The number of carbonyl (C=O) groups excluding carboxylic acids is 1. The van der Waals surface area contributed by atoms with Crippen LogP contribution in [0, 0.1) is 5.82 Å². The van der Waals surface area contributed by atoms with Crippen LogP contribution in [-0.2, 0) is 11.3 Å².